The summed E-state index contributed by atoms with van der Waals surface area (Å²) in [6.45, 7) is 0.834. The molecular weight excluding hydrogens is 865 g/mol. The number of nitrogens with one attached hydrogen (secondary N) is 5. The van der Waals surface area contributed by atoms with Crippen LogP contribution in [0.4, 0.5) is 10.8 Å². The van der Waals surface area contributed by atoms with Gasteiger partial charge in [-0.15, -0.1) is 11.3 Å². The molecule has 64 heavy (non-hydrogen) atoms. The Morgan fingerprint density at radius 3 is 2.38 bits per heavy atom. The summed E-state index contributed by atoms with van der Waals surface area (Å²) >= 11 is 1.22. The largest absolute Gasteiger partial charge is 0.385 e. The highest BCUT2D eigenvalue weighted by Gasteiger charge is 2.44. The van der Waals surface area contributed by atoms with E-state index in [4.69, 9.17) is 4.74 Å². The zero-order chi connectivity index (χ0) is 45.4. The Hall–Kier alpha value is -7.03. The molecule has 18 nitrogen and oxygen atoms in total. The van der Waals surface area contributed by atoms with Crippen LogP contribution in [0.15, 0.2) is 96.6 Å². The van der Waals surface area contributed by atoms with E-state index in [0.29, 0.717) is 47.2 Å². The fourth-order valence-corrected chi connectivity index (χ4v) is 8.31. The van der Waals surface area contributed by atoms with Gasteiger partial charge in [0.1, 0.15) is 12.1 Å². The molecule has 0 saturated carbocycles. The van der Waals surface area contributed by atoms with Crippen molar-refractivity contribution in [1.29, 1.82) is 0 Å². The van der Waals surface area contributed by atoms with Gasteiger partial charge in [-0.2, -0.15) is 0 Å². The molecule has 1 fully saturated rings. The first-order valence-electron chi connectivity index (χ1n) is 20.3. The Kier molecular flexibility index (Phi) is 14.1. The van der Waals surface area contributed by atoms with Crippen molar-refractivity contribution in [2.75, 3.05) is 36.6 Å². The van der Waals surface area contributed by atoms with Crippen LogP contribution in [0.3, 0.4) is 0 Å². The third-order valence-electron chi connectivity index (χ3n) is 10.4. The van der Waals surface area contributed by atoms with E-state index >= 15 is 0 Å². The van der Waals surface area contributed by atoms with Crippen LogP contribution in [0.2, 0.25) is 0 Å². The standard InChI is InChI=1S/C44H44N8O10S2/c1-64(60,61)51-21-18-30(23-51)39(55)47-34(40(56)50-44-48-35(26-63-44)28-8-4-2-5-9-28)25-62-24-27-10-12-29(13-11-27)38(54)46-20-7-3-6-19-45-31-14-15-32-33(22-31)43(59)52(42(32)58)36-16-17-37(53)49-41(36)57/h2,4-5,8-15,18,21-23,26,34,36,45H,3,6-7,16-17,19-20,24-25H2,1H3,(H,46,54)(H,47,55)(H,48,50,56)(H,49,53,57)/t34-,36?/m0/s1. The smallest absolute Gasteiger partial charge is 0.262 e. The number of imide groups is 2. The summed E-state index contributed by atoms with van der Waals surface area (Å²) in [4.78, 5) is 94.8. The average molecular weight is 909 g/mol. The second-order valence-corrected chi connectivity index (χ2v) is 17.8. The highest BCUT2D eigenvalue weighted by molar-refractivity contribution is 7.89. The number of carbonyl (C=O) groups excluding carboxylic acids is 7. The summed E-state index contributed by atoms with van der Waals surface area (Å²) in [5.74, 6) is -3.75. The lowest BCUT2D eigenvalue weighted by atomic mass is 10.0. The van der Waals surface area contributed by atoms with Gasteiger partial charge >= 0.3 is 0 Å². The molecule has 20 heteroatoms. The number of nitrogens with zero attached hydrogens (tertiary/aromatic N) is 3. The van der Waals surface area contributed by atoms with E-state index in [1.807, 2.05) is 30.3 Å². The topological polar surface area (TPSA) is 244 Å². The number of hydrogen-bond donors (Lipinski definition) is 5. The molecule has 0 spiro atoms. The highest BCUT2D eigenvalue weighted by Crippen LogP contribution is 2.30. The minimum atomic E-state index is -3.63. The maximum absolute atomic E-state index is 13.5. The lowest BCUT2D eigenvalue weighted by Gasteiger charge is -2.27. The first-order valence-corrected chi connectivity index (χ1v) is 23.0. The van der Waals surface area contributed by atoms with Gasteiger partial charge in [-0.1, -0.05) is 42.5 Å². The lowest BCUT2D eigenvalue weighted by molar-refractivity contribution is -0.136. The molecule has 1 saturated heterocycles. The Morgan fingerprint density at radius 2 is 1.64 bits per heavy atom. The number of ether oxygens (including phenoxy) is 1. The maximum Gasteiger partial charge on any atom is 0.262 e. The summed E-state index contributed by atoms with van der Waals surface area (Å²) < 4.78 is 30.6. The molecule has 332 valence electrons. The molecule has 0 bridgehead atoms. The van der Waals surface area contributed by atoms with Gasteiger partial charge in [0.15, 0.2) is 5.13 Å². The van der Waals surface area contributed by atoms with Crippen LogP contribution in [0.25, 0.3) is 11.3 Å². The van der Waals surface area contributed by atoms with Crippen LogP contribution < -0.4 is 26.6 Å². The predicted molar refractivity (Wildman–Crippen MR) is 236 cm³/mol. The van der Waals surface area contributed by atoms with Crippen molar-refractivity contribution >= 4 is 73.5 Å². The normalized spacial score (nSPS) is 15.3. The molecule has 0 radical (unpaired) electrons. The summed E-state index contributed by atoms with van der Waals surface area (Å²) in [6.07, 6.45) is 5.79. The predicted octanol–water partition coefficient (Wildman–Crippen LogP) is 3.79. The van der Waals surface area contributed by atoms with Crippen molar-refractivity contribution in [2.45, 2.75) is 50.8 Å². The quantitative estimate of drug-likeness (QED) is 0.0587. The first kappa shape index (κ1) is 45.0. The summed E-state index contributed by atoms with van der Waals surface area (Å²) in [7, 11) is -3.63. The summed E-state index contributed by atoms with van der Waals surface area (Å²) in [6, 6.07) is 20.1. The van der Waals surface area contributed by atoms with E-state index in [0.717, 1.165) is 39.7 Å². The van der Waals surface area contributed by atoms with Gasteiger partial charge in [-0.05, 0) is 67.6 Å². The molecule has 5 N–H and O–H groups in total. The molecule has 2 atom stereocenters. The van der Waals surface area contributed by atoms with E-state index in [1.165, 1.54) is 23.6 Å². The van der Waals surface area contributed by atoms with Crippen LogP contribution >= 0.6 is 11.3 Å². The molecular formula is C44H44N8O10S2. The van der Waals surface area contributed by atoms with E-state index < -0.39 is 57.6 Å². The monoisotopic (exact) mass is 908 g/mol. The third kappa shape index (κ3) is 10.9. The number of aromatic nitrogens is 2. The third-order valence-corrected chi connectivity index (χ3v) is 12.2. The van der Waals surface area contributed by atoms with Crippen molar-refractivity contribution < 1.29 is 46.7 Å². The fraction of sp³-hybridized carbons (Fsp3) is 0.273. The van der Waals surface area contributed by atoms with Crippen molar-refractivity contribution in [3.8, 4) is 11.3 Å². The van der Waals surface area contributed by atoms with Crippen LogP contribution in [0.5, 0.6) is 0 Å². The molecule has 3 aromatic carbocycles. The van der Waals surface area contributed by atoms with Crippen molar-refractivity contribution in [2.24, 2.45) is 0 Å². The molecule has 0 aliphatic carbocycles. The summed E-state index contributed by atoms with van der Waals surface area (Å²) in [5.41, 5.74) is 3.77. The van der Waals surface area contributed by atoms with Gasteiger partial charge in [0, 0.05) is 54.1 Å². The number of amides is 7. The van der Waals surface area contributed by atoms with Crippen molar-refractivity contribution in [1.82, 2.24) is 29.8 Å². The van der Waals surface area contributed by atoms with Crippen LogP contribution in [-0.4, -0.2) is 102 Å². The van der Waals surface area contributed by atoms with E-state index in [9.17, 15) is 42.0 Å². The van der Waals surface area contributed by atoms with Crippen molar-refractivity contribution in [3.63, 3.8) is 0 Å². The molecule has 2 aliphatic rings. The Morgan fingerprint density at radius 1 is 0.891 bits per heavy atom. The molecule has 7 rings (SSSR count). The van der Waals surface area contributed by atoms with Crippen LogP contribution in [0.1, 0.15) is 79.1 Å². The van der Waals surface area contributed by atoms with E-state index in [1.54, 1.807) is 47.8 Å². The van der Waals surface area contributed by atoms with Gasteiger partial charge in [0.05, 0.1) is 41.9 Å². The highest BCUT2D eigenvalue weighted by atomic mass is 32.2. The average Bonchev–Trinajstić information content (AvgIpc) is 4.03. The van der Waals surface area contributed by atoms with Gasteiger partial charge in [0.25, 0.3) is 29.5 Å². The molecule has 1 unspecified atom stereocenters. The molecule has 4 heterocycles. The van der Waals surface area contributed by atoms with Gasteiger partial charge in [-0.25, -0.2) is 13.4 Å². The summed E-state index contributed by atoms with van der Waals surface area (Å²) in [5, 5.41) is 15.8. The number of piperidine rings is 1. The fourth-order valence-electron chi connectivity index (χ4n) is 7.00. The van der Waals surface area contributed by atoms with Gasteiger partial charge < -0.3 is 26.0 Å². The number of anilines is 2. The number of rotatable bonds is 19. The second kappa shape index (κ2) is 20.0. The molecule has 5 aromatic rings. The zero-order valence-corrected chi connectivity index (χ0v) is 36.1. The number of unbranched alkanes of at least 4 members (excludes halogenated alkanes) is 2. The van der Waals surface area contributed by atoms with Crippen LogP contribution in [0, 0.1) is 0 Å². The second-order valence-electron chi connectivity index (χ2n) is 15.1. The Labute approximate surface area is 371 Å². The van der Waals surface area contributed by atoms with Crippen LogP contribution in [-0.2, 0) is 35.8 Å². The Bertz CT molecular complexity index is 2700. The molecule has 2 aromatic heterocycles. The van der Waals surface area contributed by atoms with Gasteiger partial charge in [-0.3, -0.25) is 47.8 Å². The minimum absolute atomic E-state index is 0.0319. The van der Waals surface area contributed by atoms with E-state index in [2.05, 4.69) is 31.6 Å². The zero-order valence-electron chi connectivity index (χ0n) is 34.5. The number of carbonyl (C=O) groups is 7. The number of fused-ring (bicyclic) bond motifs is 1. The number of benzene rings is 3. The maximum atomic E-state index is 13.5. The Balaban J connectivity index is 0.841. The lowest BCUT2D eigenvalue weighted by Crippen LogP contribution is -2.54. The molecule has 2 aliphatic heterocycles. The van der Waals surface area contributed by atoms with Crippen molar-refractivity contribution in [3.05, 3.63) is 124 Å². The minimum Gasteiger partial charge on any atom is -0.385 e. The first-order chi connectivity index (χ1) is 30.7. The number of thiazole rings is 1. The SMILES string of the molecule is CS(=O)(=O)n1ccc(C(=O)N[C@@H](COCc2ccc(C(=O)NCCCCCNc3ccc4c(c3)C(=O)N(C3CCC(=O)NC3=O)C4=O)cc2)C(=O)Nc2nc(-c3ccccc3)cs2)c1. The van der Waals surface area contributed by atoms with E-state index in [-0.39, 0.29) is 48.7 Å². The molecule has 7 amide bonds. The number of hydrogen-bond acceptors (Lipinski definition) is 13. The van der Waals surface area contributed by atoms with Gasteiger partial charge in [0.2, 0.25) is 21.8 Å².